The Bertz CT molecular complexity index is 417. The van der Waals surface area contributed by atoms with Crippen LogP contribution in [0.3, 0.4) is 0 Å². The molecular weight excluding hydrogens is 208 g/mol. The van der Waals surface area contributed by atoms with Crippen molar-refractivity contribution in [1.29, 1.82) is 0 Å². The van der Waals surface area contributed by atoms with E-state index in [1.807, 2.05) is 36.0 Å². The molecule has 0 aliphatic carbocycles. The van der Waals surface area contributed by atoms with Crippen molar-refractivity contribution in [1.82, 2.24) is 4.90 Å². The fourth-order valence-corrected chi connectivity index (χ4v) is 3.67. The van der Waals surface area contributed by atoms with E-state index in [4.69, 9.17) is 5.73 Å². The minimum atomic E-state index is -0.356. The van der Waals surface area contributed by atoms with Gasteiger partial charge in [0.25, 0.3) is 0 Å². The molecule has 2 N–H and O–H groups in total. The highest BCUT2D eigenvalue weighted by Gasteiger charge is 2.57. The van der Waals surface area contributed by atoms with Crippen LogP contribution in [0, 0.1) is 0 Å². The molecule has 3 nitrogen and oxygen atoms in total. The second kappa shape index (κ2) is 3.00. The number of nitrogens with zero attached hydrogens (tertiary/aromatic N) is 1. The molecule has 2 saturated heterocycles. The molecule has 2 aliphatic rings. The van der Waals surface area contributed by atoms with Crippen molar-refractivity contribution in [3.05, 3.63) is 35.4 Å². The molecule has 78 valence electrons. The first-order chi connectivity index (χ1) is 7.22. The van der Waals surface area contributed by atoms with Gasteiger partial charge in [-0.25, -0.2) is 0 Å². The Morgan fingerprint density at radius 2 is 2.13 bits per heavy atom. The zero-order valence-corrected chi connectivity index (χ0v) is 9.09. The van der Waals surface area contributed by atoms with Gasteiger partial charge in [0, 0.05) is 24.4 Å². The van der Waals surface area contributed by atoms with E-state index >= 15 is 0 Å². The number of hydrogen-bond acceptors (Lipinski definition) is 3. The number of rotatable bonds is 2. The highest BCUT2D eigenvalue weighted by Crippen LogP contribution is 2.55. The molecule has 0 spiro atoms. The average Bonchev–Trinajstić information content (AvgIpc) is 2.82. The molecule has 2 fully saturated rings. The van der Waals surface area contributed by atoms with Crippen LogP contribution in [0.4, 0.5) is 0 Å². The first kappa shape index (κ1) is 9.24. The molecule has 3 rings (SSSR count). The Morgan fingerprint density at radius 3 is 2.60 bits per heavy atom. The third-order valence-electron chi connectivity index (χ3n) is 3.14. The SMILES string of the molecule is NC(=O)c1ccc(C23CN2CCS3)cc1. The van der Waals surface area contributed by atoms with Gasteiger partial charge in [0.05, 0.1) is 0 Å². The number of hydrogen-bond donors (Lipinski definition) is 1. The number of thioether (sulfide) groups is 1. The highest BCUT2D eigenvalue weighted by molar-refractivity contribution is 8.00. The zero-order chi connectivity index (χ0) is 10.5. The number of carbonyl (C=O) groups is 1. The molecule has 0 bridgehead atoms. The summed E-state index contributed by atoms with van der Waals surface area (Å²) in [7, 11) is 0. The molecule has 0 saturated carbocycles. The number of benzene rings is 1. The maximum absolute atomic E-state index is 10.9. The molecule has 0 aromatic heterocycles. The average molecular weight is 220 g/mol. The van der Waals surface area contributed by atoms with E-state index in [1.165, 1.54) is 17.9 Å². The molecule has 1 aromatic rings. The molecule has 2 unspecified atom stereocenters. The number of carbonyl (C=O) groups excluding carboxylic acids is 1. The quantitative estimate of drug-likeness (QED) is 0.756. The van der Waals surface area contributed by atoms with Crippen molar-refractivity contribution >= 4 is 17.7 Å². The van der Waals surface area contributed by atoms with Gasteiger partial charge in [-0.3, -0.25) is 9.69 Å². The molecule has 1 amide bonds. The van der Waals surface area contributed by atoms with E-state index in [1.54, 1.807) is 0 Å². The maximum atomic E-state index is 10.9. The predicted octanol–water partition coefficient (Wildman–Crippen LogP) is 1.00. The van der Waals surface area contributed by atoms with Gasteiger partial charge in [-0.15, -0.1) is 11.8 Å². The Hall–Kier alpha value is -1.00. The van der Waals surface area contributed by atoms with Crippen molar-refractivity contribution in [2.45, 2.75) is 4.87 Å². The van der Waals surface area contributed by atoms with Crippen LogP contribution in [0.5, 0.6) is 0 Å². The zero-order valence-electron chi connectivity index (χ0n) is 8.27. The molecule has 4 heteroatoms. The number of amides is 1. The first-order valence-electron chi connectivity index (χ1n) is 5.02. The van der Waals surface area contributed by atoms with Crippen LogP contribution in [0.25, 0.3) is 0 Å². The van der Waals surface area contributed by atoms with Gasteiger partial charge >= 0.3 is 0 Å². The minimum Gasteiger partial charge on any atom is -0.366 e. The number of fused-ring (bicyclic) bond motifs is 1. The van der Waals surface area contributed by atoms with Gasteiger partial charge in [-0.05, 0) is 17.7 Å². The van der Waals surface area contributed by atoms with Crippen molar-refractivity contribution in [3.8, 4) is 0 Å². The summed E-state index contributed by atoms with van der Waals surface area (Å²) in [6.07, 6.45) is 0. The molecule has 1 aromatic carbocycles. The van der Waals surface area contributed by atoms with Crippen LogP contribution in [0.15, 0.2) is 24.3 Å². The van der Waals surface area contributed by atoms with Crippen molar-refractivity contribution in [2.24, 2.45) is 5.73 Å². The van der Waals surface area contributed by atoms with Crippen LogP contribution < -0.4 is 5.73 Å². The fourth-order valence-electron chi connectivity index (χ4n) is 2.20. The summed E-state index contributed by atoms with van der Waals surface area (Å²) in [5.41, 5.74) is 7.10. The lowest BCUT2D eigenvalue weighted by Gasteiger charge is -2.10. The smallest absolute Gasteiger partial charge is 0.248 e. The number of primary amides is 1. The van der Waals surface area contributed by atoms with E-state index in [0.717, 1.165) is 6.54 Å². The Morgan fingerprint density at radius 1 is 1.40 bits per heavy atom. The minimum absolute atomic E-state index is 0.232. The Balaban J connectivity index is 1.91. The summed E-state index contributed by atoms with van der Waals surface area (Å²) in [5.74, 6) is 0.850. The highest BCUT2D eigenvalue weighted by atomic mass is 32.2. The standard InChI is InChI=1S/C11H12N2OS/c12-10(14)8-1-3-9(4-2-8)11-7-13(11)5-6-15-11/h1-4H,5-7H2,(H2,12,14). The van der Waals surface area contributed by atoms with Crippen molar-refractivity contribution in [3.63, 3.8) is 0 Å². The van der Waals surface area contributed by atoms with Gasteiger partial charge in [0.2, 0.25) is 5.91 Å². The topological polar surface area (TPSA) is 46.1 Å². The second-order valence-corrected chi connectivity index (χ2v) is 5.37. The van der Waals surface area contributed by atoms with Crippen LogP contribution in [0.2, 0.25) is 0 Å². The van der Waals surface area contributed by atoms with Crippen LogP contribution in [-0.4, -0.2) is 29.6 Å². The Labute approximate surface area is 92.6 Å². The lowest BCUT2D eigenvalue weighted by atomic mass is 10.1. The summed E-state index contributed by atoms with van der Waals surface area (Å²) in [6, 6.07) is 7.69. The normalized spacial score (nSPS) is 32.4. The number of nitrogens with two attached hydrogens (primary N) is 1. The lowest BCUT2D eigenvalue weighted by Crippen LogP contribution is -2.12. The summed E-state index contributed by atoms with van der Waals surface area (Å²) in [4.78, 5) is 13.6. The van der Waals surface area contributed by atoms with Crippen LogP contribution in [-0.2, 0) is 4.87 Å². The molecule has 2 aliphatic heterocycles. The molecular formula is C11H12N2OS. The van der Waals surface area contributed by atoms with Gasteiger partial charge in [0.15, 0.2) is 0 Å². The van der Waals surface area contributed by atoms with E-state index in [-0.39, 0.29) is 10.8 Å². The second-order valence-electron chi connectivity index (χ2n) is 4.00. The molecule has 2 atom stereocenters. The predicted molar refractivity (Wildman–Crippen MR) is 60.7 cm³/mol. The van der Waals surface area contributed by atoms with E-state index < -0.39 is 0 Å². The van der Waals surface area contributed by atoms with E-state index in [2.05, 4.69) is 4.90 Å². The Kier molecular flexibility index (Phi) is 1.85. The van der Waals surface area contributed by atoms with Crippen molar-refractivity contribution in [2.75, 3.05) is 18.8 Å². The summed E-state index contributed by atoms with van der Waals surface area (Å²) < 4.78 is 0. The third-order valence-corrected chi connectivity index (χ3v) is 4.62. The maximum Gasteiger partial charge on any atom is 0.248 e. The molecule has 2 heterocycles. The van der Waals surface area contributed by atoms with Crippen molar-refractivity contribution < 1.29 is 4.79 Å². The van der Waals surface area contributed by atoms with Crippen LogP contribution >= 0.6 is 11.8 Å². The van der Waals surface area contributed by atoms with E-state index in [9.17, 15) is 4.79 Å². The summed E-state index contributed by atoms with van der Waals surface area (Å²) in [6.45, 7) is 2.33. The third kappa shape index (κ3) is 1.28. The van der Waals surface area contributed by atoms with Gasteiger partial charge in [0.1, 0.15) is 4.87 Å². The first-order valence-corrected chi connectivity index (χ1v) is 6.00. The lowest BCUT2D eigenvalue weighted by molar-refractivity contribution is 0.100. The fraction of sp³-hybridized carbons (Fsp3) is 0.364. The molecule has 15 heavy (non-hydrogen) atoms. The summed E-state index contributed by atoms with van der Waals surface area (Å²) >= 11 is 2.00. The largest absolute Gasteiger partial charge is 0.366 e. The molecule has 0 radical (unpaired) electrons. The van der Waals surface area contributed by atoms with Gasteiger partial charge < -0.3 is 5.73 Å². The van der Waals surface area contributed by atoms with Crippen LogP contribution in [0.1, 0.15) is 15.9 Å². The van der Waals surface area contributed by atoms with Gasteiger partial charge in [-0.1, -0.05) is 12.1 Å². The summed E-state index contributed by atoms with van der Waals surface area (Å²) in [5, 5.41) is 0. The van der Waals surface area contributed by atoms with Gasteiger partial charge in [-0.2, -0.15) is 0 Å². The monoisotopic (exact) mass is 220 g/mol. The van der Waals surface area contributed by atoms with E-state index in [0.29, 0.717) is 5.56 Å².